The molecule has 0 aliphatic rings. The molecule has 1 unspecified atom stereocenters. The highest BCUT2D eigenvalue weighted by Crippen LogP contribution is 2.11. The number of aliphatic carboxylic acids is 1. The SMILES string of the molecule is CCCCc1ccc(-n2cc(CC(N)C(=O)O)nn2)cc1. The van der Waals surface area contributed by atoms with Gasteiger partial charge in [-0.05, 0) is 30.5 Å². The van der Waals surface area contributed by atoms with Gasteiger partial charge in [-0.3, -0.25) is 4.79 Å². The lowest BCUT2D eigenvalue weighted by Crippen LogP contribution is -2.32. The molecule has 2 aromatic rings. The predicted molar refractivity (Wildman–Crippen MR) is 79.3 cm³/mol. The Morgan fingerprint density at radius 3 is 2.71 bits per heavy atom. The van der Waals surface area contributed by atoms with Gasteiger partial charge in [0.2, 0.25) is 0 Å². The number of carbonyl (C=O) groups is 1. The average Bonchev–Trinajstić information content (AvgIpc) is 2.94. The molecule has 0 saturated heterocycles. The topological polar surface area (TPSA) is 94.0 Å². The van der Waals surface area contributed by atoms with E-state index in [0.29, 0.717) is 5.69 Å². The van der Waals surface area contributed by atoms with Crippen molar-refractivity contribution < 1.29 is 9.90 Å². The largest absolute Gasteiger partial charge is 0.480 e. The predicted octanol–water partition coefficient (Wildman–Crippen LogP) is 1.56. The van der Waals surface area contributed by atoms with Gasteiger partial charge in [-0.15, -0.1) is 5.10 Å². The van der Waals surface area contributed by atoms with E-state index in [4.69, 9.17) is 10.8 Å². The Bertz CT molecular complexity index is 592. The van der Waals surface area contributed by atoms with Crippen molar-refractivity contribution in [1.29, 1.82) is 0 Å². The summed E-state index contributed by atoms with van der Waals surface area (Å²) in [6.45, 7) is 2.17. The number of nitrogens with zero attached hydrogens (tertiary/aromatic N) is 3. The summed E-state index contributed by atoms with van der Waals surface area (Å²) in [5.41, 5.74) is 8.26. The Morgan fingerprint density at radius 1 is 1.38 bits per heavy atom. The smallest absolute Gasteiger partial charge is 0.320 e. The van der Waals surface area contributed by atoms with Gasteiger partial charge in [-0.25, -0.2) is 4.68 Å². The van der Waals surface area contributed by atoms with Crippen LogP contribution < -0.4 is 5.73 Å². The molecule has 0 fully saturated rings. The fraction of sp³-hybridized carbons (Fsp3) is 0.400. The second-order valence-corrected chi connectivity index (χ2v) is 5.07. The first-order valence-corrected chi connectivity index (χ1v) is 7.09. The van der Waals surface area contributed by atoms with E-state index in [1.807, 2.05) is 12.1 Å². The fourth-order valence-corrected chi connectivity index (χ4v) is 2.03. The summed E-state index contributed by atoms with van der Waals surface area (Å²) in [5.74, 6) is -1.04. The number of carboxylic acid groups (broad SMARTS) is 1. The van der Waals surface area contributed by atoms with Crippen LogP contribution in [0.15, 0.2) is 30.5 Å². The molecule has 0 aliphatic carbocycles. The van der Waals surface area contributed by atoms with Crippen molar-refractivity contribution in [2.75, 3.05) is 0 Å². The van der Waals surface area contributed by atoms with Crippen LogP contribution in [0.1, 0.15) is 31.0 Å². The summed E-state index contributed by atoms with van der Waals surface area (Å²) < 4.78 is 1.63. The normalized spacial score (nSPS) is 12.3. The molecule has 0 spiro atoms. The first-order valence-electron chi connectivity index (χ1n) is 7.09. The van der Waals surface area contributed by atoms with Crippen molar-refractivity contribution in [3.63, 3.8) is 0 Å². The Hall–Kier alpha value is -2.21. The minimum Gasteiger partial charge on any atom is -0.480 e. The van der Waals surface area contributed by atoms with Crippen LogP contribution in [0.5, 0.6) is 0 Å². The van der Waals surface area contributed by atoms with Gasteiger partial charge < -0.3 is 10.8 Å². The van der Waals surface area contributed by atoms with Crippen molar-refractivity contribution >= 4 is 5.97 Å². The monoisotopic (exact) mass is 288 g/mol. The number of aryl methyl sites for hydroxylation is 1. The summed E-state index contributed by atoms with van der Waals surface area (Å²) in [4.78, 5) is 10.7. The third kappa shape index (κ3) is 4.13. The van der Waals surface area contributed by atoms with Crippen molar-refractivity contribution in [2.24, 2.45) is 5.73 Å². The number of unbranched alkanes of at least 4 members (excludes halogenated alkanes) is 1. The van der Waals surface area contributed by atoms with Gasteiger partial charge in [-0.2, -0.15) is 0 Å². The van der Waals surface area contributed by atoms with E-state index in [1.54, 1.807) is 10.9 Å². The maximum Gasteiger partial charge on any atom is 0.320 e. The van der Waals surface area contributed by atoms with Gasteiger partial charge in [0.25, 0.3) is 0 Å². The molecule has 21 heavy (non-hydrogen) atoms. The van der Waals surface area contributed by atoms with Gasteiger partial charge in [0.1, 0.15) is 6.04 Å². The summed E-state index contributed by atoms with van der Waals surface area (Å²) in [5, 5.41) is 16.8. The molecule has 1 atom stereocenters. The molecule has 0 aliphatic heterocycles. The van der Waals surface area contributed by atoms with Crippen molar-refractivity contribution in [1.82, 2.24) is 15.0 Å². The van der Waals surface area contributed by atoms with E-state index in [1.165, 1.54) is 18.4 Å². The number of hydrogen-bond acceptors (Lipinski definition) is 4. The number of hydrogen-bond donors (Lipinski definition) is 2. The van der Waals surface area contributed by atoms with Crippen molar-refractivity contribution in [2.45, 2.75) is 38.6 Å². The average molecular weight is 288 g/mol. The Morgan fingerprint density at radius 2 is 2.10 bits per heavy atom. The first kappa shape index (κ1) is 15.2. The van der Waals surface area contributed by atoms with Crippen LogP contribution >= 0.6 is 0 Å². The molecule has 0 bridgehead atoms. The van der Waals surface area contributed by atoms with E-state index in [0.717, 1.165) is 12.1 Å². The highest BCUT2D eigenvalue weighted by atomic mass is 16.4. The van der Waals surface area contributed by atoms with Crippen LogP contribution in [-0.4, -0.2) is 32.1 Å². The van der Waals surface area contributed by atoms with Gasteiger partial charge in [0, 0.05) is 6.42 Å². The number of carboxylic acids is 1. The lowest BCUT2D eigenvalue weighted by atomic mass is 10.1. The molecular formula is C15H20N4O2. The van der Waals surface area contributed by atoms with Crippen LogP contribution in [0.3, 0.4) is 0 Å². The standard InChI is InChI=1S/C15H20N4O2/c1-2-3-4-11-5-7-13(8-6-11)19-10-12(17-18-19)9-14(16)15(20)21/h5-8,10,14H,2-4,9,16H2,1H3,(H,20,21). The highest BCUT2D eigenvalue weighted by Gasteiger charge is 2.14. The molecule has 6 heteroatoms. The number of aromatic nitrogens is 3. The molecule has 0 saturated carbocycles. The molecule has 1 aromatic carbocycles. The number of benzene rings is 1. The Balaban J connectivity index is 2.05. The summed E-state index contributed by atoms with van der Waals surface area (Å²) >= 11 is 0. The van der Waals surface area contributed by atoms with Crippen molar-refractivity contribution in [3.8, 4) is 5.69 Å². The number of rotatable bonds is 7. The summed E-state index contributed by atoms with van der Waals surface area (Å²) in [6, 6.07) is 7.18. The quantitative estimate of drug-likeness (QED) is 0.806. The van der Waals surface area contributed by atoms with Crippen LogP contribution in [0, 0.1) is 0 Å². The van der Waals surface area contributed by atoms with Crippen LogP contribution in [0.4, 0.5) is 0 Å². The second kappa shape index (κ2) is 6.99. The molecule has 2 rings (SSSR count). The fourth-order valence-electron chi connectivity index (χ4n) is 2.03. The Kier molecular flexibility index (Phi) is 5.05. The molecule has 1 heterocycles. The lowest BCUT2D eigenvalue weighted by molar-refractivity contribution is -0.138. The van der Waals surface area contributed by atoms with Gasteiger partial charge >= 0.3 is 5.97 Å². The number of nitrogens with two attached hydrogens (primary N) is 1. The zero-order chi connectivity index (χ0) is 15.2. The molecule has 1 aromatic heterocycles. The molecule has 3 N–H and O–H groups in total. The Labute approximate surface area is 123 Å². The highest BCUT2D eigenvalue weighted by molar-refractivity contribution is 5.73. The minimum atomic E-state index is -1.04. The molecular weight excluding hydrogens is 268 g/mol. The van der Waals surface area contributed by atoms with E-state index in [9.17, 15) is 4.79 Å². The molecule has 0 radical (unpaired) electrons. The lowest BCUT2D eigenvalue weighted by Gasteiger charge is -2.03. The molecule has 112 valence electrons. The van der Waals surface area contributed by atoms with E-state index in [2.05, 4.69) is 29.4 Å². The third-order valence-electron chi connectivity index (χ3n) is 3.31. The van der Waals surface area contributed by atoms with E-state index < -0.39 is 12.0 Å². The van der Waals surface area contributed by atoms with E-state index >= 15 is 0 Å². The zero-order valence-electron chi connectivity index (χ0n) is 12.1. The summed E-state index contributed by atoms with van der Waals surface area (Å²) in [7, 11) is 0. The molecule has 0 amide bonds. The van der Waals surface area contributed by atoms with Crippen LogP contribution in [0.25, 0.3) is 5.69 Å². The second-order valence-electron chi connectivity index (χ2n) is 5.07. The maximum absolute atomic E-state index is 10.7. The minimum absolute atomic E-state index is 0.171. The van der Waals surface area contributed by atoms with Gasteiger partial charge in [0.05, 0.1) is 17.6 Å². The maximum atomic E-state index is 10.7. The van der Waals surface area contributed by atoms with Gasteiger partial charge in [0.15, 0.2) is 0 Å². The summed E-state index contributed by atoms with van der Waals surface area (Å²) in [6.07, 6.45) is 5.32. The third-order valence-corrected chi connectivity index (χ3v) is 3.31. The first-order chi connectivity index (χ1) is 10.1. The van der Waals surface area contributed by atoms with E-state index in [-0.39, 0.29) is 6.42 Å². The van der Waals surface area contributed by atoms with Gasteiger partial charge in [-0.1, -0.05) is 30.7 Å². The van der Waals surface area contributed by atoms with Crippen LogP contribution in [-0.2, 0) is 17.6 Å². The zero-order valence-corrected chi connectivity index (χ0v) is 12.1. The van der Waals surface area contributed by atoms with Crippen LogP contribution in [0.2, 0.25) is 0 Å². The molecule has 6 nitrogen and oxygen atoms in total. The van der Waals surface area contributed by atoms with Crippen molar-refractivity contribution in [3.05, 3.63) is 41.7 Å².